The summed E-state index contributed by atoms with van der Waals surface area (Å²) in [6, 6.07) is 7.06. The SMILES string of the molecule is C/C(C(=O)CC(C)CO)=C(\c1ccc2c(c1)C(C)(C)CC2)C1CCC2CCC(C)(C)C2C1. The van der Waals surface area contributed by atoms with Crippen molar-refractivity contribution in [2.45, 2.75) is 98.3 Å². The average molecular weight is 437 g/mol. The minimum absolute atomic E-state index is 0.0159. The molecule has 2 heteroatoms. The number of hydrogen-bond acceptors (Lipinski definition) is 2. The van der Waals surface area contributed by atoms with Gasteiger partial charge in [-0.15, -0.1) is 0 Å². The van der Waals surface area contributed by atoms with Crippen LogP contribution in [0.2, 0.25) is 0 Å². The molecule has 4 unspecified atom stereocenters. The van der Waals surface area contributed by atoms with Crippen LogP contribution in [-0.4, -0.2) is 17.5 Å². The summed E-state index contributed by atoms with van der Waals surface area (Å²) in [5.41, 5.74) is 7.12. The second kappa shape index (κ2) is 8.75. The molecule has 0 bridgehead atoms. The molecule has 0 spiro atoms. The number of allylic oxidation sites excluding steroid dienone is 2. The number of aryl methyl sites for hydroxylation is 1. The molecule has 0 amide bonds. The Hall–Kier alpha value is -1.41. The quantitative estimate of drug-likeness (QED) is 0.482. The zero-order valence-electron chi connectivity index (χ0n) is 21.3. The lowest BCUT2D eigenvalue weighted by molar-refractivity contribution is -0.116. The molecule has 3 aliphatic carbocycles. The molecule has 4 atom stereocenters. The largest absolute Gasteiger partial charge is 0.396 e. The molecule has 0 heterocycles. The molecule has 2 fully saturated rings. The summed E-state index contributed by atoms with van der Waals surface area (Å²) >= 11 is 0. The highest BCUT2D eigenvalue weighted by Gasteiger charge is 2.46. The smallest absolute Gasteiger partial charge is 0.159 e. The first-order valence-corrected chi connectivity index (χ1v) is 13.0. The van der Waals surface area contributed by atoms with Gasteiger partial charge < -0.3 is 5.11 Å². The van der Waals surface area contributed by atoms with Crippen molar-refractivity contribution in [3.8, 4) is 0 Å². The molecule has 3 aliphatic rings. The summed E-state index contributed by atoms with van der Waals surface area (Å²) in [5.74, 6) is 2.33. The lowest BCUT2D eigenvalue weighted by Gasteiger charge is -2.40. The molecule has 1 N–H and O–H groups in total. The van der Waals surface area contributed by atoms with E-state index in [1.54, 1.807) is 0 Å². The van der Waals surface area contributed by atoms with Gasteiger partial charge in [0.2, 0.25) is 0 Å². The third kappa shape index (κ3) is 4.37. The molecule has 1 aromatic rings. The maximum atomic E-state index is 13.3. The first-order valence-electron chi connectivity index (χ1n) is 13.0. The number of hydrogen-bond donors (Lipinski definition) is 1. The van der Waals surface area contributed by atoms with Crippen LogP contribution >= 0.6 is 0 Å². The number of fused-ring (bicyclic) bond motifs is 2. The molecule has 0 radical (unpaired) electrons. The lowest BCUT2D eigenvalue weighted by atomic mass is 9.65. The summed E-state index contributed by atoms with van der Waals surface area (Å²) in [4.78, 5) is 13.3. The van der Waals surface area contributed by atoms with Crippen molar-refractivity contribution >= 4 is 11.4 Å². The predicted octanol–water partition coefficient (Wildman–Crippen LogP) is 7.12. The van der Waals surface area contributed by atoms with Gasteiger partial charge in [-0.1, -0.05) is 52.8 Å². The fourth-order valence-electron chi connectivity index (χ4n) is 7.16. The highest BCUT2D eigenvalue weighted by molar-refractivity contribution is 6.02. The first kappa shape index (κ1) is 23.7. The third-order valence-electron chi connectivity index (χ3n) is 9.40. The van der Waals surface area contributed by atoms with Crippen LogP contribution in [-0.2, 0) is 16.6 Å². The van der Waals surface area contributed by atoms with Crippen molar-refractivity contribution < 1.29 is 9.90 Å². The Balaban J connectivity index is 1.75. The minimum atomic E-state index is 0.0159. The van der Waals surface area contributed by atoms with Gasteiger partial charge in [-0.25, -0.2) is 0 Å². The lowest BCUT2D eigenvalue weighted by Crippen LogP contribution is -2.30. The van der Waals surface area contributed by atoms with E-state index in [2.05, 4.69) is 52.8 Å². The maximum Gasteiger partial charge on any atom is 0.159 e. The van der Waals surface area contributed by atoms with E-state index in [-0.39, 0.29) is 23.7 Å². The van der Waals surface area contributed by atoms with Crippen molar-refractivity contribution in [2.75, 3.05) is 6.61 Å². The fraction of sp³-hybridized carbons (Fsp3) is 0.700. The van der Waals surface area contributed by atoms with Crippen LogP contribution in [0.4, 0.5) is 0 Å². The zero-order valence-corrected chi connectivity index (χ0v) is 21.3. The van der Waals surface area contributed by atoms with E-state index < -0.39 is 0 Å². The average Bonchev–Trinajstić information content (AvgIpc) is 3.23. The van der Waals surface area contributed by atoms with Gasteiger partial charge in [-0.2, -0.15) is 0 Å². The zero-order chi connectivity index (χ0) is 23.3. The molecule has 0 aromatic heterocycles. The normalized spacial score (nSPS) is 29.8. The van der Waals surface area contributed by atoms with Crippen molar-refractivity contribution in [1.29, 1.82) is 0 Å². The van der Waals surface area contributed by atoms with E-state index >= 15 is 0 Å². The van der Waals surface area contributed by atoms with E-state index in [4.69, 9.17) is 0 Å². The molecule has 2 nitrogen and oxygen atoms in total. The number of carbonyl (C=O) groups is 1. The van der Waals surface area contributed by atoms with E-state index in [0.717, 1.165) is 23.8 Å². The first-order chi connectivity index (χ1) is 15.0. The van der Waals surface area contributed by atoms with Gasteiger partial charge in [0.1, 0.15) is 0 Å². The Kier molecular flexibility index (Phi) is 6.49. The van der Waals surface area contributed by atoms with Gasteiger partial charge in [0.05, 0.1) is 0 Å². The third-order valence-corrected chi connectivity index (χ3v) is 9.40. The second-order valence-corrected chi connectivity index (χ2v) is 12.6. The molecule has 176 valence electrons. The highest BCUT2D eigenvalue weighted by atomic mass is 16.3. The summed E-state index contributed by atoms with van der Waals surface area (Å²) in [6.45, 7) is 13.7. The summed E-state index contributed by atoms with van der Waals surface area (Å²) < 4.78 is 0. The van der Waals surface area contributed by atoms with Crippen molar-refractivity contribution in [1.82, 2.24) is 0 Å². The number of benzene rings is 1. The monoisotopic (exact) mass is 436 g/mol. The number of carbonyl (C=O) groups excluding carboxylic acids is 1. The topological polar surface area (TPSA) is 37.3 Å². The Morgan fingerprint density at radius 1 is 1.12 bits per heavy atom. The summed E-state index contributed by atoms with van der Waals surface area (Å²) in [5, 5.41) is 9.53. The molecule has 2 saturated carbocycles. The predicted molar refractivity (Wildman–Crippen MR) is 134 cm³/mol. The van der Waals surface area contributed by atoms with Crippen molar-refractivity contribution in [3.63, 3.8) is 0 Å². The Morgan fingerprint density at radius 3 is 2.59 bits per heavy atom. The molecule has 32 heavy (non-hydrogen) atoms. The van der Waals surface area contributed by atoms with Crippen LogP contribution in [0.15, 0.2) is 23.8 Å². The molecule has 0 saturated heterocycles. The Labute approximate surface area is 195 Å². The van der Waals surface area contributed by atoms with Crippen LogP contribution in [0.3, 0.4) is 0 Å². The molecule has 4 rings (SSSR count). The van der Waals surface area contributed by atoms with Crippen LogP contribution in [0.1, 0.15) is 103 Å². The molecule has 0 aliphatic heterocycles. The summed E-state index contributed by atoms with van der Waals surface area (Å²) in [6.07, 6.45) is 9.24. The fourth-order valence-corrected chi connectivity index (χ4v) is 7.16. The van der Waals surface area contributed by atoms with Gasteiger partial charge >= 0.3 is 0 Å². The van der Waals surface area contributed by atoms with Crippen LogP contribution in [0, 0.1) is 29.1 Å². The number of aliphatic hydroxyl groups excluding tert-OH is 1. The van der Waals surface area contributed by atoms with Crippen LogP contribution in [0.25, 0.3) is 5.57 Å². The number of ketones is 1. The highest BCUT2D eigenvalue weighted by Crippen LogP contribution is 2.56. The maximum absolute atomic E-state index is 13.3. The molecular formula is C30H44O2. The standard InChI is InChI=1S/C30H44O2/c1-19(18-31)15-27(32)20(2)28(23-9-7-21-11-13-29(3,4)25(21)16-23)24-10-8-22-12-14-30(5,6)26(22)17-24/h7,9,16,19,22,24,26,31H,8,10-15,17-18H2,1-6H3/b28-20-. The van der Waals surface area contributed by atoms with Crippen molar-refractivity contribution in [2.24, 2.45) is 29.1 Å². The van der Waals surface area contributed by atoms with Gasteiger partial charge in [0.25, 0.3) is 0 Å². The van der Waals surface area contributed by atoms with Gasteiger partial charge in [-0.05, 0) is 114 Å². The number of rotatable bonds is 6. The van der Waals surface area contributed by atoms with Gasteiger partial charge in [0, 0.05) is 13.0 Å². The Morgan fingerprint density at radius 2 is 1.88 bits per heavy atom. The van der Waals surface area contributed by atoms with E-state index in [0.29, 0.717) is 17.8 Å². The molecule has 1 aromatic carbocycles. The second-order valence-electron chi connectivity index (χ2n) is 12.6. The molecular weight excluding hydrogens is 392 g/mol. The minimum Gasteiger partial charge on any atom is -0.396 e. The van der Waals surface area contributed by atoms with Gasteiger partial charge in [0.15, 0.2) is 5.78 Å². The van der Waals surface area contributed by atoms with E-state index in [9.17, 15) is 9.90 Å². The Bertz CT molecular complexity index is 903. The van der Waals surface area contributed by atoms with Gasteiger partial charge in [-0.3, -0.25) is 4.79 Å². The van der Waals surface area contributed by atoms with Crippen LogP contribution in [0.5, 0.6) is 0 Å². The van der Waals surface area contributed by atoms with Crippen LogP contribution < -0.4 is 0 Å². The van der Waals surface area contributed by atoms with Crippen molar-refractivity contribution in [3.05, 3.63) is 40.5 Å². The number of aliphatic hydroxyl groups is 1. The van der Waals surface area contributed by atoms with E-state index in [1.807, 2.05) is 6.92 Å². The van der Waals surface area contributed by atoms with E-state index in [1.165, 1.54) is 60.8 Å². The summed E-state index contributed by atoms with van der Waals surface area (Å²) in [7, 11) is 0. The number of Topliss-reactive ketones (excluding diaryl/α,β-unsaturated/α-hetero) is 1.